The van der Waals surface area contributed by atoms with Crippen molar-refractivity contribution in [2.45, 2.75) is 13.3 Å². The van der Waals surface area contributed by atoms with Gasteiger partial charge in [-0.3, -0.25) is 4.79 Å². The molecule has 0 spiro atoms. The van der Waals surface area contributed by atoms with Gasteiger partial charge in [0.05, 0.1) is 6.61 Å². The van der Waals surface area contributed by atoms with Gasteiger partial charge in [0.15, 0.2) is 6.61 Å². The highest BCUT2D eigenvalue weighted by atomic mass is 16.5. The van der Waals surface area contributed by atoms with Crippen LogP contribution in [0.15, 0.2) is 0 Å². The minimum Gasteiger partial charge on any atom is -0.453 e. The van der Waals surface area contributed by atoms with Crippen molar-refractivity contribution in [2.24, 2.45) is 0 Å². The Bertz CT molecular complexity index is 152. The van der Waals surface area contributed by atoms with Crippen LogP contribution in [0.5, 0.6) is 0 Å². The van der Waals surface area contributed by atoms with Gasteiger partial charge >= 0.3 is 5.97 Å². The van der Waals surface area contributed by atoms with Gasteiger partial charge in [-0.15, -0.1) is 0 Å². The predicted molar refractivity (Wildman–Crippen MR) is 36.1 cm³/mol. The number of ether oxygens (including phenoxy) is 1. The number of aliphatic hydroxyl groups is 1. The molecule has 0 amide bonds. The summed E-state index contributed by atoms with van der Waals surface area (Å²) < 4.78 is 4.49. The van der Waals surface area contributed by atoms with Crippen molar-refractivity contribution in [3.63, 3.8) is 0 Å². The topological polar surface area (TPSA) is 46.5 Å². The quantitative estimate of drug-likeness (QED) is 0.434. The summed E-state index contributed by atoms with van der Waals surface area (Å²) >= 11 is 0. The van der Waals surface area contributed by atoms with Crippen LogP contribution in [-0.4, -0.2) is 24.3 Å². The highest BCUT2D eigenvalue weighted by molar-refractivity contribution is 5.66. The van der Waals surface area contributed by atoms with E-state index >= 15 is 0 Å². The largest absolute Gasteiger partial charge is 0.453 e. The van der Waals surface area contributed by atoms with Crippen LogP contribution in [-0.2, 0) is 9.53 Å². The van der Waals surface area contributed by atoms with Gasteiger partial charge in [-0.25, -0.2) is 0 Å². The van der Waals surface area contributed by atoms with Crippen molar-refractivity contribution in [1.29, 1.82) is 0 Å². The number of aliphatic hydroxyl groups excluding tert-OH is 1. The zero-order chi connectivity index (χ0) is 7.82. The van der Waals surface area contributed by atoms with E-state index in [9.17, 15) is 4.79 Å². The van der Waals surface area contributed by atoms with Crippen LogP contribution in [0.1, 0.15) is 13.3 Å². The van der Waals surface area contributed by atoms with Gasteiger partial charge in [-0.1, -0.05) is 11.8 Å². The molecule has 0 saturated heterocycles. The zero-order valence-corrected chi connectivity index (χ0v) is 5.89. The highest BCUT2D eigenvalue weighted by Gasteiger charge is 1.85. The Balaban J connectivity index is 3.20. The molecule has 10 heavy (non-hydrogen) atoms. The number of hydrogen-bond donors (Lipinski definition) is 1. The third-order valence-corrected chi connectivity index (χ3v) is 0.709. The average Bonchev–Trinajstić information content (AvgIpc) is 1.87. The van der Waals surface area contributed by atoms with Gasteiger partial charge in [0.25, 0.3) is 0 Å². The summed E-state index contributed by atoms with van der Waals surface area (Å²) in [5, 5.41) is 8.26. The Morgan fingerprint density at radius 3 is 2.80 bits per heavy atom. The smallest absolute Gasteiger partial charge is 0.303 e. The first-order chi connectivity index (χ1) is 4.77. The number of carbonyl (C=O) groups is 1. The van der Waals surface area contributed by atoms with E-state index in [4.69, 9.17) is 5.11 Å². The molecule has 56 valence electrons. The molecule has 0 fully saturated rings. The zero-order valence-electron chi connectivity index (χ0n) is 5.89. The second-order valence-electron chi connectivity index (χ2n) is 1.61. The summed E-state index contributed by atoms with van der Waals surface area (Å²) in [5.41, 5.74) is 0. The van der Waals surface area contributed by atoms with E-state index in [2.05, 4.69) is 16.6 Å². The van der Waals surface area contributed by atoms with Crippen molar-refractivity contribution in [3.8, 4) is 11.8 Å². The second kappa shape index (κ2) is 6.12. The second-order valence-corrected chi connectivity index (χ2v) is 1.61. The first-order valence-corrected chi connectivity index (χ1v) is 2.97. The van der Waals surface area contributed by atoms with E-state index in [1.165, 1.54) is 6.92 Å². The molecule has 0 saturated carbocycles. The monoisotopic (exact) mass is 142 g/mol. The van der Waals surface area contributed by atoms with Gasteiger partial charge in [0, 0.05) is 13.3 Å². The fourth-order valence-corrected chi connectivity index (χ4v) is 0.333. The standard InChI is InChI=1S/C7H10O3/c1-7(9)10-6-4-2-3-5-8/h8H,3,5-6H2,1H3. The Morgan fingerprint density at radius 1 is 1.60 bits per heavy atom. The van der Waals surface area contributed by atoms with E-state index in [1.807, 2.05) is 0 Å². The first-order valence-electron chi connectivity index (χ1n) is 2.97. The number of carbonyl (C=O) groups excluding carboxylic acids is 1. The van der Waals surface area contributed by atoms with E-state index in [0.29, 0.717) is 6.42 Å². The summed E-state index contributed by atoms with van der Waals surface area (Å²) in [5.74, 6) is 4.84. The summed E-state index contributed by atoms with van der Waals surface area (Å²) in [6.45, 7) is 1.50. The molecule has 1 N–H and O–H groups in total. The van der Waals surface area contributed by atoms with Gasteiger partial charge in [-0.05, 0) is 0 Å². The van der Waals surface area contributed by atoms with E-state index in [1.54, 1.807) is 0 Å². The van der Waals surface area contributed by atoms with E-state index in [-0.39, 0.29) is 19.2 Å². The van der Waals surface area contributed by atoms with Crippen LogP contribution in [0.25, 0.3) is 0 Å². The Morgan fingerprint density at radius 2 is 2.30 bits per heavy atom. The fraction of sp³-hybridized carbons (Fsp3) is 0.571. The lowest BCUT2D eigenvalue weighted by atomic mass is 10.4. The van der Waals surface area contributed by atoms with Crippen LogP contribution in [0, 0.1) is 11.8 Å². The van der Waals surface area contributed by atoms with Gasteiger partial charge in [0.1, 0.15) is 0 Å². The van der Waals surface area contributed by atoms with E-state index in [0.717, 1.165) is 0 Å². The van der Waals surface area contributed by atoms with Crippen LogP contribution in [0.2, 0.25) is 0 Å². The molecule has 0 unspecified atom stereocenters. The summed E-state index contributed by atoms with van der Waals surface area (Å²) in [6, 6.07) is 0. The van der Waals surface area contributed by atoms with E-state index < -0.39 is 0 Å². The Kier molecular flexibility index (Phi) is 5.50. The molecular weight excluding hydrogens is 132 g/mol. The highest BCUT2D eigenvalue weighted by Crippen LogP contribution is 1.74. The molecule has 3 heteroatoms. The maximum Gasteiger partial charge on any atom is 0.303 e. The molecule has 0 aromatic rings. The molecule has 0 aliphatic rings. The third kappa shape index (κ3) is 6.99. The number of esters is 1. The summed E-state index contributed by atoms with van der Waals surface area (Å²) in [4.78, 5) is 10.1. The molecule has 0 aromatic carbocycles. The predicted octanol–water partition coefficient (Wildman–Crippen LogP) is -0.0647. The van der Waals surface area contributed by atoms with Crippen molar-refractivity contribution in [3.05, 3.63) is 0 Å². The maximum absolute atomic E-state index is 10.1. The molecule has 3 nitrogen and oxygen atoms in total. The minimum absolute atomic E-state index is 0.0487. The van der Waals surface area contributed by atoms with Crippen molar-refractivity contribution >= 4 is 5.97 Å². The lowest BCUT2D eigenvalue weighted by Crippen LogP contribution is -1.97. The number of hydrogen-bond acceptors (Lipinski definition) is 3. The van der Waals surface area contributed by atoms with Gasteiger partial charge < -0.3 is 9.84 Å². The minimum atomic E-state index is -0.335. The fourth-order valence-electron chi connectivity index (χ4n) is 0.333. The Hall–Kier alpha value is -1.01. The normalized spacial score (nSPS) is 7.80. The molecule has 0 heterocycles. The van der Waals surface area contributed by atoms with Gasteiger partial charge in [-0.2, -0.15) is 0 Å². The lowest BCUT2D eigenvalue weighted by molar-refractivity contribution is -0.139. The molecule has 0 aromatic heterocycles. The molecule has 0 rings (SSSR count). The maximum atomic E-state index is 10.1. The third-order valence-electron chi connectivity index (χ3n) is 0.709. The van der Waals surface area contributed by atoms with Crippen molar-refractivity contribution in [1.82, 2.24) is 0 Å². The van der Waals surface area contributed by atoms with Crippen molar-refractivity contribution in [2.75, 3.05) is 13.2 Å². The lowest BCUT2D eigenvalue weighted by Gasteiger charge is -1.90. The molecule has 0 aliphatic heterocycles. The molecule has 0 atom stereocenters. The van der Waals surface area contributed by atoms with Crippen molar-refractivity contribution < 1.29 is 14.6 Å². The van der Waals surface area contributed by atoms with Crippen LogP contribution >= 0.6 is 0 Å². The average molecular weight is 142 g/mol. The first kappa shape index (κ1) is 8.99. The number of rotatable bonds is 2. The summed E-state index contributed by atoms with van der Waals surface area (Å²) in [7, 11) is 0. The van der Waals surface area contributed by atoms with Gasteiger partial charge in [0.2, 0.25) is 0 Å². The van der Waals surface area contributed by atoms with Crippen LogP contribution in [0.3, 0.4) is 0 Å². The van der Waals surface area contributed by atoms with Crippen LogP contribution in [0.4, 0.5) is 0 Å². The Labute approximate surface area is 60.0 Å². The van der Waals surface area contributed by atoms with Crippen LogP contribution < -0.4 is 0 Å². The molecule has 0 radical (unpaired) electrons. The summed E-state index contributed by atoms with van der Waals surface area (Å²) in [6.07, 6.45) is 0.432. The molecular formula is C7H10O3. The molecule has 0 bridgehead atoms. The molecule has 0 aliphatic carbocycles. The SMILES string of the molecule is CC(=O)OCC#CCCO.